The third-order valence-electron chi connectivity index (χ3n) is 4.24. The van der Waals surface area contributed by atoms with Gasteiger partial charge >= 0.3 is 12.1 Å². The number of alkyl halides is 3. The minimum absolute atomic E-state index is 0.0296. The maximum absolute atomic E-state index is 12.4. The Balaban J connectivity index is 1.71. The van der Waals surface area contributed by atoms with E-state index in [1.165, 1.54) is 0 Å². The van der Waals surface area contributed by atoms with Gasteiger partial charge in [-0.3, -0.25) is 9.59 Å². The molecule has 0 saturated carbocycles. The molecule has 0 atom stereocenters. The summed E-state index contributed by atoms with van der Waals surface area (Å²) in [7, 11) is 0. The molecule has 9 heteroatoms. The van der Waals surface area contributed by atoms with Gasteiger partial charge in [-0.2, -0.15) is 13.2 Å². The first-order valence-electron chi connectivity index (χ1n) is 8.78. The van der Waals surface area contributed by atoms with Gasteiger partial charge in [0.05, 0.1) is 6.61 Å². The number of likely N-dealkylation sites (tertiary alicyclic amines) is 1. The fourth-order valence-electron chi connectivity index (χ4n) is 2.82. The Morgan fingerprint density at radius 3 is 2.30 bits per heavy atom. The van der Waals surface area contributed by atoms with E-state index in [1.807, 2.05) is 6.92 Å². The molecule has 0 aliphatic carbocycles. The van der Waals surface area contributed by atoms with Crippen LogP contribution in [0.3, 0.4) is 0 Å². The van der Waals surface area contributed by atoms with Gasteiger partial charge in [0.2, 0.25) is 0 Å². The van der Waals surface area contributed by atoms with E-state index in [0.29, 0.717) is 37.5 Å². The number of rotatable bonds is 7. The fraction of sp³-hybridized carbons (Fsp3) is 0.556. The zero-order valence-electron chi connectivity index (χ0n) is 15.1. The molecule has 2 amide bonds. The molecule has 0 spiro atoms. The van der Waals surface area contributed by atoms with Gasteiger partial charge in [-0.1, -0.05) is 12.1 Å². The highest BCUT2D eigenvalue weighted by Gasteiger charge is 2.43. The summed E-state index contributed by atoms with van der Waals surface area (Å²) in [4.78, 5) is 23.9. The quantitative estimate of drug-likeness (QED) is 0.779. The Hall–Kier alpha value is -2.45. The first-order valence-corrected chi connectivity index (χ1v) is 8.78. The van der Waals surface area contributed by atoms with Crippen LogP contribution in [0.2, 0.25) is 0 Å². The maximum Gasteiger partial charge on any atom is 0.471 e. The number of benzene rings is 1. The summed E-state index contributed by atoms with van der Waals surface area (Å²) in [5, 5.41) is 2.72. The number of amides is 2. The lowest BCUT2D eigenvalue weighted by molar-refractivity contribution is -0.186. The van der Waals surface area contributed by atoms with Crippen molar-refractivity contribution in [2.24, 2.45) is 5.92 Å². The predicted molar refractivity (Wildman–Crippen MR) is 91.5 cm³/mol. The number of nitrogens with zero attached hydrogens (tertiary/aromatic N) is 1. The lowest BCUT2D eigenvalue weighted by atomic mass is 9.96. The van der Waals surface area contributed by atoms with E-state index in [4.69, 9.17) is 9.47 Å². The summed E-state index contributed by atoms with van der Waals surface area (Å²) in [6.07, 6.45) is -4.01. The third-order valence-corrected chi connectivity index (χ3v) is 4.24. The molecule has 1 saturated heterocycles. The summed E-state index contributed by atoms with van der Waals surface area (Å²) in [6, 6.07) is 7.01. The van der Waals surface area contributed by atoms with Crippen molar-refractivity contribution in [3.63, 3.8) is 0 Å². The van der Waals surface area contributed by atoms with Gasteiger partial charge < -0.3 is 19.7 Å². The highest BCUT2D eigenvalue weighted by molar-refractivity contribution is 5.82. The van der Waals surface area contributed by atoms with Gasteiger partial charge in [-0.15, -0.1) is 0 Å². The van der Waals surface area contributed by atoms with Crippen molar-refractivity contribution in [3.05, 3.63) is 24.3 Å². The Morgan fingerprint density at radius 2 is 1.74 bits per heavy atom. The summed E-state index contributed by atoms with van der Waals surface area (Å²) in [5.41, 5.74) is 0. The smallest absolute Gasteiger partial charge is 0.471 e. The first-order chi connectivity index (χ1) is 12.8. The second-order valence-corrected chi connectivity index (χ2v) is 6.21. The second kappa shape index (κ2) is 9.48. The molecule has 1 aliphatic heterocycles. The Kier molecular flexibility index (Phi) is 7.32. The SMILES string of the molecule is CCOc1ccccc1OCC(=O)NCC1CCN(C(=O)C(F)(F)F)CC1. The Morgan fingerprint density at radius 1 is 1.15 bits per heavy atom. The molecule has 0 bridgehead atoms. The van der Waals surface area contributed by atoms with Crippen molar-refractivity contribution in [2.45, 2.75) is 25.9 Å². The summed E-state index contributed by atoms with van der Waals surface area (Å²) in [5.74, 6) is -1.08. The number of para-hydroxylation sites is 2. The Bertz CT molecular complexity index is 644. The van der Waals surface area contributed by atoms with Crippen molar-refractivity contribution in [1.82, 2.24) is 10.2 Å². The van der Waals surface area contributed by atoms with E-state index >= 15 is 0 Å². The molecule has 2 rings (SSSR count). The van der Waals surface area contributed by atoms with Gasteiger partial charge in [0.15, 0.2) is 18.1 Å². The number of hydrogen-bond acceptors (Lipinski definition) is 4. The molecule has 0 radical (unpaired) electrons. The molecule has 1 aromatic rings. The molecule has 27 heavy (non-hydrogen) atoms. The normalized spacial score (nSPS) is 15.3. The van der Waals surface area contributed by atoms with Gasteiger partial charge in [0, 0.05) is 19.6 Å². The van der Waals surface area contributed by atoms with Crippen LogP contribution in [-0.2, 0) is 9.59 Å². The molecule has 150 valence electrons. The zero-order chi connectivity index (χ0) is 19.9. The summed E-state index contributed by atoms with van der Waals surface area (Å²) < 4.78 is 48.1. The number of carbonyl (C=O) groups excluding carboxylic acids is 2. The van der Waals surface area contributed by atoms with E-state index < -0.39 is 12.1 Å². The van der Waals surface area contributed by atoms with Crippen molar-refractivity contribution in [1.29, 1.82) is 0 Å². The van der Waals surface area contributed by atoms with Crippen LogP contribution in [0.5, 0.6) is 11.5 Å². The van der Waals surface area contributed by atoms with Crippen LogP contribution in [0.4, 0.5) is 13.2 Å². The van der Waals surface area contributed by atoms with E-state index in [9.17, 15) is 22.8 Å². The minimum Gasteiger partial charge on any atom is -0.490 e. The monoisotopic (exact) mass is 388 g/mol. The van der Waals surface area contributed by atoms with Crippen LogP contribution in [0.1, 0.15) is 19.8 Å². The largest absolute Gasteiger partial charge is 0.490 e. The zero-order valence-corrected chi connectivity index (χ0v) is 15.1. The average Bonchev–Trinajstić information content (AvgIpc) is 2.65. The molecule has 1 fully saturated rings. The van der Waals surface area contributed by atoms with E-state index in [1.54, 1.807) is 24.3 Å². The van der Waals surface area contributed by atoms with Gasteiger partial charge in [0.1, 0.15) is 0 Å². The minimum atomic E-state index is -4.84. The standard InChI is InChI=1S/C18H23F3N2O4/c1-2-26-14-5-3-4-6-15(14)27-12-16(24)22-11-13-7-9-23(10-8-13)17(25)18(19,20)21/h3-6,13H,2,7-12H2,1H3,(H,22,24). The van der Waals surface area contributed by atoms with Crippen LogP contribution >= 0.6 is 0 Å². The van der Waals surface area contributed by atoms with Crippen LogP contribution in [0, 0.1) is 5.92 Å². The van der Waals surface area contributed by atoms with Crippen LogP contribution in [-0.4, -0.2) is 55.7 Å². The number of piperidine rings is 1. The average molecular weight is 388 g/mol. The van der Waals surface area contributed by atoms with Crippen LogP contribution in [0.25, 0.3) is 0 Å². The summed E-state index contributed by atoms with van der Waals surface area (Å²) in [6.45, 7) is 2.55. The van der Waals surface area contributed by atoms with Gasteiger partial charge in [-0.25, -0.2) is 0 Å². The molecule has 0 aromatic heterocycles. The van der Waals surface area contributed by atoms with Crippen molar-refractivity contribution < 1.29 is 32.2 Å². The van der Waals surface area contributed by atoms with Crippen LogP contribution < -0.4 is 14.8 Å². The van der Waals surface area contributed by atoms with Crippen molar-refractivity contribution >= 4 is 11.8 Å². The summed E-state index contributed by atoms with van der Waals surface area (Å²) >= 11 is 0. The third kappa shape index (κ3) is 6.33. The van der Waals surface area contributed by atoms with E-state index in [2.05, 4.69) is 5.32 Å². The maximum atomic E-state index is 12.4. The van der Waals surface area contributed by atoms with Crippen LogP contribution in [0.15, 0.2) is 24.3 Å². The number of carbonyl (C=O) groups is 2. The molecule has 1 aromatic carbocycles. The number of ether oxygens (including phenoxy) is 2. The highest BCUT2D eigenvalue weighted by Crippen LogP contribution is 2.26. The molecule has 1 heterocycles. The molecule has 0 unspecified atom stereocenters. The van der Waals surface area contributed by atoms with Gasteiger partial charge in [0.25, 0.3) is 5.91 Å². The lowest BCUT2D eigenvalue weighted by Gasteiger charge is -2.32. The first kappa shape index (κ1) is 20.9. The van der Waals surface area contributed by atoms with E-state index in [0.717, 1.165) is 4.90 Å². The molecule has 1 aliphatic rings. The fourth-order valence-corrected chi connectivity index (χ4v) is 2.82. The number of halogens is 3. The molecular formula is C18H23F3N2O4. The molecule has 6 nitrogen and oxygen atoms in total. The van der Waals surface area contributed by atoms with Crippen molar-refractivity contribution in [3.8, 4) is 11.5 Å². The lowest BCUT2D eigenvalue weighted by Crippen LogP contribution is -2.46. The van der Waals surface area contributed by atoms with Gasteiger partial charge in [-0.05, 0) is 37.8 Å². The molecule has 1 N–H and O–H groups in total. The Labute approximate surface area is 155 Å². The predicted octanol–water partition coefficient (Wildman–Crippen LogP) is 2.38. The topological polar surface area (TPSA) is 67.9 Å². The number of nitrogens with one attached hydrogen (secondary N) is 1. The highest BCUT2D eigenvalue weighted by atomic mass is 19.4. The second-order valence-electron chi connectivity index (χ2n) is 6.21. The van der Waals surface area contributed by atoms with E-state index in [-0.39, 0.29) is 31.5 Å². The number of hydrogen-bond donors (Lipinski definition) is 1. The van der Waals surface area contributed by atoms with Crippen molar-refractivity contribution in [2.75, 3.05) is 32.8 Å². The molecular weight excluding hydrogens is 365 g/mol.